The molecule has 1 nitrogen and oxygen atoms in total. The summed E-state index contributed by atoms with van der Waals surface area (Å²) in [4.78, 5) is 0. The van der Waals surface area contributed by atoms with Gasteiger partial charge in [-0.1, -0.05) is 22.0 Å². The number of allylic oxidation sites excluding steroid dienone is 1. The van der Waals surface area contributed by atoms with Gasteiger partial charge in [0.2, 0.25) is 0 Å². The van der Waals surface area contributed by atoms with Crippen molar-refractivity contribution in [2.75, 3.05) is 6.61 Å². The number of halogens is 1. The first-order valence-corrected chi connectivity index (χ1v) is 5.16. The van der Waals surface area contributed by atoms with Crippen LogP contribution in [0.1, 0.15) is 18.9 Å². The van der Waals surface area contributed by atoms with E-state index in [1.54, 1.807) is 0 Å². The van der Waals surface area contributed by atoms with Crippen LogP contribution in [0.2, 0.25) is 0 Å². The zero-order valence-electron chi connectivity index (χ0n) is 7.51. The second kappa shape index (κ2) is 3.54. The molecule has 0 spiro atoms. The molecule has 1 aliphatic rings. The number of ether oxygens (including phenoxy) is 1. The molecular weight excluding hydrogens is 228 g/mol. The van der Waals surface area contributed by atoms with Crippen LogP contribution in [-0.2, 0) is 0 Å². The fraction of sp³-hybridized carbons (Fsp3) is 0.273. The van der Waals surface area contributed by atoms with Crippen LogP contribution in [0.3, 0.4) is 0 Å². The van der Waals surface area contributed by atoms with Gasteiger partial charge in [-0.15, -0.1) is 0 Å². The third kappa shape index (κ3) is 1.78. The van der Waals surface area contributed by atoms with Crippen LogP contribution in [0.25, 0.3) is 5.57 Å². The lowest BCUT2D eigenvalue weighted by atomic mass is 10.1. The standard InChI is InChI=1S/C11H11BrO/c1-8-3-2-6-13-11-5-4-9(12)7-10(8)11/h3-5,7H,2,6H2,1H3. The Labute approximate surface area is 86.5 Å². The van der Waals surface area contributed by atoms with Gasteiger partial charge >= 0.3 is 0 Å². The van der Waals surface area contributed by atoms with Gasteiger partial charge in [0.05, 0.1) is 6.61 Å². The molecule has 1 heterocycles. The van der Waals surface area contributed by atoms with Crippen LogP contribution < -0.4 is 4.74 Å². The molecular formula is C11H11BrO. The monoisotopic (exact) mass is 238 g/mol. The smallest absolute Gasteiger partial charge is 0.126 e. The molecule has 0 saturated carbocycles. The minimum atomic E-state index is 0.784. The van der Waals surface area contributed by atoms with Crippen molar-refractivity contribution in [3.05, 3.63) is 34.3 Å². The lowest BCUT2D eigenvalue weighted by Crippen LogP contribution is -1.94. The van der Waals surface area contributed by atoms with Gasteiger partial charge in [0.1, 0.15) is 5.75 Å². The van der Waals surface area contributed by atoms with E-state index in [1.807, 2.05) is 12.1 Å². The van der Waals surface area contributed by atoms with Gasteiger partial charge in [-0.2, -0.15) is 0 Å². The largest absolute Gasteiger partial charge is 0.493 e. The number of hydrogen-bond donors (Lipinski definition) is 0. The first-order chi connectivity index (χ1) is 6.27. The summed E-state index contributed by atoms with van der Waals surface area (Å²) in [7, 11) is 0. The van der Waals surface area contributed by atoms with Crippen LogP contribution in [0.4, 0.5) is 0 Å². The molecule has 1 aliphatic heterocycles. The Morgan fingerprint density at radius 3 is 3.08 bits per heavy atom. The van der Waals surface area contributed by atoms with Crippen molar-refractivity contribution in [1.82, 2.24) is 0 Å². The first kappa shape index (κ1) is 8.82. The molecule has 0 aromatic heterocycles. The topological polar surface area (TPSA) is 9.23 Å². The van der Waals surface area contributed by atoms with Crippen LogP contribution in [0.15, 0.2) is 28.7 Å². The Morgan fingerprint density at radius 1 is 1.38 bits per heavy atom. The number of rotatable bonds is 0. The van der Waals surface area contributed by atoms with E-state index < -0.39 is 0 Å². The summed E-state index contributed by atoms with van der Waals surface area (Å²) in [6.07, 6.45) is 3.22. The zero-order valence-corrected chi connectivity index (χ0v) is 9.10. The molecule has 0 radical (unpaired) electrons. The predicted molar refractivity (Wildman–Crippen MR) is 57.9 cm³/mol. The third-order valence-corrected chi connectivity index (χ3v) is 2.69. The third-order valence-electron chi connectivity index (χ3n) is 2.19. The van der Waals surface area contributed by atoms with Crippen molar-refractivity contribution in [3.8, 4) is 5.75 Å². The van der Waals surface area contributed by atoms with Gasteiger partial charge in [-0.25, -0.2) is 0 Å². The second-order valence-electron chi connectivity index (χ2n) is 3.16. The van der Waals surface area contributed by atoms with E-state index in [0.717, 1.165) is 23.2 Å². The summed E-state index contributed by atoms with van der Waals surface area (Å²) in [6.45, 7) is 2.91. The lowest BCUT2D eigenvalue weighted by molar-refractivity contribution is 0.326. The van der Waals surface area contributed by atoms with Gasteiger partial charge in [-0.3, -0.25) is 0 Å². The van der Waals surface area contributed by atoms with Crippen LogP contribution >= 0.6 is 15.9 Å². The molecule has 1 aromatic carbocycles. The fourth-order valence-corrected chi connectivity index (χ4v) is 1.85. The summed E-state index contributed by atoms with van der Waals surface area (Å²) in [6, 6.07) is 6.13. The average molecular weight is 239 g/mol. The molecule has 0 fully saturated rings. The minimum Gasteiger partial charge on any atom is -0.493 e. The molecule has 0 aliphatic carbocycles. The summed E-state index contributed by atoms with van der Waals surface area (Å²) >= 11 is 3.46. The van der Waals surface area contributed by atoms with Crippen molar-refractivity contribution in [2.24, 2.45) is 0 Å². The van der Waals surface area contributed by atoms with Gasteiger partial charge in [0.15, 0.2) is 0 Å². The van der Waals surface area contributed by atoms with E-state index in [-0.39, 0.29) is 0 Å². The second-order valence-corrected chi connectivity index (χ2v) is 4.08. The molecule has 1 aromatic rings. The molecule has 0 unspecified atom stereocenters. The molecule has 0 N–H and O–H groups in total. The zero-order chi connectivity index (χ0) is 9.26. The van der Waals surface area contributed by atoms with Crippen molar-refractivity contribution in [1.29, 1.82) is 0 Å². The molecule has 0 atom stereocenters. The van der Waals surface area contributed by atoms with Crippen LogP contribution in [0, 0.1) is 0 Å². The van der Waals surface area contributed by atoms with E-state index in [9.17, 15) is 0 Å². The van der Waals surface area contributed by atoms with Gasteiger partial charge < -0.3 is 4.74 Å². The highest BCUT2D eigenvalue weighted by atomic mass is 79.9. The Balaban J connectivity index is 2.54. The van der Waals surface area contributed by atoms with E-state index in [0.29, 0.717) is 0 Å². The SMILES string of the molecule is CC1=CCCOc2ccc(Br)cc21. The average Bonchev–Trinajstić information content (AvgIpc) is 2.29. The molecule has 2 rings (SSSR count). The summed E-state index contributed by atoms with van der Waals surface area (Å²) in [5, 5.41) is 0. The van der Waals surface area contributed by atoms with Crippen LogP contribution in [0.5, 0.6) is 5.75 Å². The molecule has 0 saturated heterocycles. The fourth-order valence-electron chi connectivity index (χ4n) is 1.49. The first-order valence-electron chi connectivity index (χ1n) is 4.37. The molecule has 0 amide bonds. The Kier molecular flexibility index (Phi) is 2.40. The Morgan fingerprint density at radius 2 is 2.23 bits per heavy atom. The van der Waals surface area contributed by atoms with Crippen molar-refractivity contribution >= 4 is 21.5 Å². The van der Waals surface area contributed by atoms with Crippen molar-refractivity contribution < 1.29 is 4.74 Å². The highest BCUT2D eigenvalue weighted by Gasteiger charge is 2.08. The van der Waals surface area contributed by atoms with Gasteiger partial charge in [0, 0.05) is 16.5 Å². The molecule has 2 heteroatoms. The maximum absolute atomic E-state index is 5.60. The highest BCUT2D eigenvalue weighted by molar-refractivity contribution is 9.10. The van der Waals surface area contributed by atoms with E-state index in [2.05, 4.69) is 35.0 Å². The summed E-state index contributed by atoms with van der Waals surface area (Å²) in [5.41, 5.74) is 2.50. The number of benzene rings is 1. The van der Waals surface area contributed by atoms with Crippen molar-refractivity contribution in [2.45, 2.75) is 13.3 Å². The molecule has 13 heavy (non-hydrogen) atoms. The van der Waals surface area contributed by atoms with Gasteiger partial charge in [-0.05, 0) is 30.7 Å². The van der Waals surface area contributed by atoms with Crippen molar-refractivity contribution in [3.63, 3.8) is 0 Å². The maximum Gasteiger partial charge on any atom is 0.126 e. The maximum atomic E-state index is 5.60. The quantitative estimate of drug-likeness (QED) is 0.671. The highest BCUT2D eigenvalue weighted by Crippen LogP contribution is 2.31. The van der Waals surface area contributed by atoms with E-state index in [1.165, 1.54) is 11.1 Å². The lowest BCUT2D eigenvalue weighted by Gasteiger charge is -2.07. The predicted octanol–water partition coefficient (Wildman–Crippen LogP) is 3.63. The normalized spacial score (nSPS) is 15.4. The molecule has 68 valence electrons. The number of hydrogen-bond acceptors (Lipinski definition) is 1. The summed E-state index contributed by atoms with van der Waals surface area (Å²) < 4.78 is 6.70. The van der Waals surface area contributed by atoms with Gasteiger partial charge in [0.25, 0.3) is 0 Å². The number of fused-ring (bicyclic) bond motifs is 1. The van der Waals surface area contributed by atoms with E-state index in [4.69, 9.17) is 4.74 Å². The Bertz CT molecular complexity index is 355. The minimum absolute atomic E-state index is 0.784. The van der Waals surface area contributed by atoms with Crippen LogP contribution in [-0.4, -0.2) is 6.61 Å². The summed E-state index contributed by atoms with van der Waals surface area (Å²) in [5.74, 6) is 0.995. The molecule has 0 bridgehead atoms. The van der Waals surface area contributed by atoms with E-state index >= 15 is 0 Å². The Hall–Kier alpha value is -0.760.